The summed E-state index contributed by atoms with van der Waals surface area (Å²) in [7, 11) is 0. The van der Waals surface area contributed by atoms with Crippen LogP contribution in [0.5, 0.6) is 5.75 Å². The minimum atomic E-state index is 0.0875. The third kappa shape index (κ3) is 5.31. The molecule has 2 heterocycles. The van der Waals surface area contributed by atoms with Crippen LogP contribution < -0.4 is 10.1 Å². The zero-order chi connectivity index (χ0) is 22.2. The maximum Gasteiger partial charge on any atom is 0.146 e. The van der Waals surface area contributed by atoms with Crippen molar-refractivity contribution in [1.82, 2.24) is 4.98 Å². The lowest BCUT2D eigenvalue weighted by molar-refractivity contribution is -0.0796. The Morgan fingerprint density at radius 1 is 1.13 bits per heavy atom. The van der Waals surface area contributed by atoms with Crippen LogP contribution in [-0.2, 0) is 4.74 Å². The zero-order valence-electron chi connectivity index (χ0n) is 18.3. The van der Waals surface area contributed by atoms with E-state index in [0.717, 1.165) is 29.9 Å². The van der Waals surface area contributed by atoms with Gasteiger partial charge in [0.05, 0.1) is 18.8 Å². The molecule has 0 amide bonds. The number of pyridine rings is 1. The Kier molecular flexibility index (Phi) is 8.17. The lowest BCUT2D eigenvalue weighted by atomic mass is 9.96. The lowest BCUT2D eigenvalue weighted by Gasteiger charge is -2.26. The smallest absolute Gasteiger partial charge is 0.146 e. The Morgan fingerprint density at radius 3 is 2.32 bits per heavy atom. The molecule has 1 aromatic heterocycles. The molecule has 3 rings (SSSR count). The molecule has 162 valence electrons. The van der Waals surface area contributed by atoms with Gasteiger partial charge in [-0.25, -0.2) is 4.98 Å². The van der Waals surface area contributed by atoms with Crippen molar-refractivity contribution in [3.8, 4) is 29.0 Å². The fourth-order valence-corrected chi connectivity index (χ4v) is 4.67. The molecule has 2 aromatic rings. The van der Waals surface area contributed by atoms with Gasteiger partial charge >= 0.3 is 0 Å². The number of thioether (sulfide) groups is 1. The monoisotopic (exact) mass is 436 g/mol. The van der Waals surface area contributed by atoms with Crippen molar-refractivity contribution in [2.45, 2.75) is 44.7 Å². The normalized spacial score (nSPS) is 13.4. The average molecular weight is 437 g/mol. The second-order valence-electron chi connectivity index (χ2n) is 7.44. The molecule has 1 fully saturated rings. The van der Waals surface area contributed by atoms with Gasteiger partial charge in [-0.3, -0.25) is 0 Å². The topological polar surface area (TPSA) is 91.0 Å². The van der Waals surface area contributed by atoms with Crippen LogP contribution in [0.25, 0.3) is 11.1 Å². The number of benzene rings is 1. The molecule has 0 radical (unpaired) electrons. The van der Waals surface area contributed by atoms with Gasteiger partial charge in [0.15, 0.2) is 0 Å². The van der Waals surface area contributed by atoms with Gasteiger partial charge in [0.2, 0.25) is 0 Å². The van der Waals surface area contributed by atoms with E-state index in [1.165, 1.54) is 0 Å². The minimum Gasteiger partial charge on any atom is -0.486 e. The molecule has 0 unspecified atom stereocenters. The van der Waals surface area contributed by atoms with Crippen LogP contribution >= 0.6 is 11.8 Å². The molecule has 6 nitrogen and oxygen atoms in total. The average Bonchev–Trinajstić information content (AvgIpc) is 2.77. The van der Waals surface area contributed by atoms with Gasteiger partial charge < -0.3 is 14.8 Å². The number of hydrogen-bond donors (Lipinski definition) is 1. The highest BCUT2D eigenvalue weighted by Gasteiger charge is 2.23. The van der Waals surface area contributed by atoms with Gasteiger partial charge in [-0.2, -0.15) is 10.5 Å². The number of hydrogen-bond acceptors (Lipinski definition) is 7. The van der Waals surface area contributed by atoms with Crippen LogP contribution in [-0.4, -0.2) is 36.6 Å². The second kappa shape index (κ2) is 11.0. The summed E-state index contributed by atoms with van der Waals surface area (Å²) < 4.78 is 11.0. The number of aromatic nitrogens is 1. The summed E-state index contributed by atoms with van der Waals surface area (Å²) in [5.41, 5.74) is 2.28. The SMILES string of the molecule is CCNc1nc(SCC(CC)CC)c(C#N)c(-c2ccc(OC3COC3)cc2)c1C#N. The van der Waals surface area contributed by atoms with Crippen molar-refractivity contribution in [2.24, 2.45) is 5.92 Å². The van der Waals surface area contributed by atoms with Gasteiger partial charge in [-0.1, -0.05) is 38.8 Å². The summed E-state index contributed by atoms with van der Waals surface area (Å²) in [4.78, 5) is 4.67. The van der Waals surface area contributed by atoms with Crippen molar-refractivity contribution in [3.05, 3.63) is 35.4 Å². The Morgan fingerprint density at radius 2 is 1.81 bits per heavy atom. The molecule has 1 aliphatic rings. The highest BCUT2D eigenvalue weighted by molar-refractivity contribution is 7.99. The summed E-state index contributed by atoms with van der Waals surface area (Å²) in [5.74, 6) is 2.73. The van der Waals surface area contributed by atoms with Crippen LogP contribution in [0.15, 0.2) is 29.3 Å². The van der Waals surface area contributed by atoms with E-state index >= 15 is 0 Å². The molecule has 0 aliphatic carbocycles. The highest BCUT2D eigenvalue weighted by atomic mass is 32.2. The van der Waals surface area contributed by atoms with Crippen LogP contribution in [0.3, 0.4) is 0 Å². The molecule has 7 heteroatoms. The largest absolute Gasteiger partial charge is 0.486 e. The van der Waals surface area contributed by atoms with E-state index in [2.05, 4.69) is 36.3 Å². The van der Waals surface area contributed by atoms with Crippen molar-refractivity contribution < 1.29 is 9.47 Å². The van der Waals surface area contributed by atoms with Gasteiger partial charge in [-0.05, 0) is 30.5 Å². The number of rotatable bonds is 10. The molecular weight excluding hydrogens is 408 g/mol. The summed E-state index contributed by atoms with van der Waals surface area (Å²) in [6.45, 7) is 8.18. The van der Waals surface area contributed by atoms with Crippen molar-refractivity contribution in [2.75, 3.05) is 30.8 Å². The Labute approximate surface area is 188 Å². The Hall–Kier alpha value is -2.74. The lowest BCUT2D eigenvalue weighted by Crippen LogP contribution is -2.38. The van der Waals surface area contributed by atoms with E-state index in [1.807, 2.05) is 31.2 Å². The molecule has 1 aliphatic heterocycles. The maximum atomic E-state index is 10.0. The van der Waals surface area contributed by atoms with Crippen LogP contribution in [0.1, 0.15) is 44.7 Å². The molecule has 0 spiro atoms. The number of nitriles is 2. The standard InChI is InChI=1S/C24H28N4O2S/c1-4-16(5-2)15-31-24-21(12-26)22(20(11-25)23(28-24)27-6-3)17-7-9-18(10-8-17)30-19-13-29-14-19/h7-10,16,19H,4-6,13-15H2,1-3H3,(H,27,28). The maximum absolute atomic E-state index is 10.0. The molecule has 1 N–H and O–H groups in total. The van der Waals surface area contributed by atoms with Crippen LogP contribution in [0.4, 0.5) is 5.82 Å². The highest BCUT2D eigenvalue weighted by Crippen LogP contribution is 2.38. The number of nitrogens with zero attached hydrogens (tertiary/aromatic N) is 3. The van der Waals surface area contributed by atoms with Crippen LogP contribution in [0.2, 0.25) is 0 Å². The van der Waals surface area contributed by atoms with Crippen molar-refractivity contribution >= 4 is 17.6 Å². The van der Waals surface area contributed by atoms with Crippen LogP contribution in [0, 0.1) is 28.6 Å². The van der Waals surface area contributed by atoms with E-state index in [0.29, 0.717) is 53.2 Å². The molecule has 31 heavy (non-hydrogen) atoms. The van der Waals surface area contributed by atoms with E-state index in [9.17, 15) is 10.5 Å². The molecule has 1 aromatic carbocycles. The number of anilines is 1. The molecule has 0 atom stereocenters. The summed E-state index contributed by atoms with van der Waals surface area (Å²) in [5, 5.41) is 23.8. The Balaban J connectivity index is 2.03. The van der Waals surface area contributed by atoms with E-state index < -0.39 is 0 Å². The quantitative estimate of drug-likeness (QED) is 0.510. The van der Waals surface area contributed by atoms with Gasteiger partial charge in [0.1, 0.15) is 40.4 Å². The zero-order valence-corrected chi connectivity index (χ0v) is 19.1. The van der Waals surface area contributed by atoms with E-state index in [4.69, 9.17) is 9.47 Å². The third-order valence-corrected chi connectivity index (χ3v) is 6.60. The molecule has 1 saturated heterocycles. The fourth-order valence-electron chi connectivity index (χ4n) is 3.36. The predicted octanol–water partition coefficient (Wildman–Crippen LogP) is 5.23. The predicted molar refractivity (Wildman–Crippen MR) is 123 cm³/mol. The number of nitrogens with one attached hydrogen (secondary N) is 1. The Bertz CT molecular complexity index is 971. The first-order valence-electron chi connectivity index (χ1n) is 10.7. The summed E-state index contributed by atoms with van der Waals surface area (Å²) >= 11 is 1.60. The fraction of sp³-hybridized carbons (Fsp3) is 0.458. The van der Waals surface area contributed by atoms with Gasteiger partial charge in [0, 0.05) is 17.9 Å². The first-order valence-corrected chi connectivity index (χ1v) is 11.7. The number of ether oxygens (including phenoxy) is 2. The van der Waals surface area contributed by atoms with E-state index in [1.54, 1.807) is 11.8 Å². The summed E-state index contributed by atoms with van der Waals surface area (Å²) in [6, 6.07) is 12.1. The summed E-state index contributed by atoms with van der Waals surface area (Å²) in [6.07, 6.45) is 2.26. The molecule has 0 saturated carbocycles. The first kappa shape index (κ1) is 22.9. The second-order valence-corrected chi connectivity index (χ2v) is 8.45. The third-order valence-electron chi connectivity index (χ3n) is 5.40. The molecule has 0 bridgehead atoms. The first-order chi connectivity index (χ1) is 15.1. The van der Waals surface area contributed by atoms with E-state index in [-0.39, 0.29) is 6.10 Å². The van der Waals surface area contributed by atoms with Gasteiger partial charge in [0.25, 0.3) is 0 Å². The minimum absolute atomic E-state index is 0.0875. The van der Waals surface area contributed by atoms with Crippen molar-refractivity contribution in [3.63, 3.8) is 0 Å². The molecular formula is C24H28N4O2S. The van der Waals surface area contributed by atoms with Gasteiger partial charge in [-0.15, -0.1) is 11.8 Å². The van der Waals surface area contributed by atoms with Crippen molar-refractivity contribution in [1.29, 1.82) is 10.5 Å².